The van der Waals surface area contributed by atoms with Gasteiger partial charge in [-0.05, 0) is 41.6 Å². The first kappa shape index (κ1) is 10.4. The minimum Gasteiger partial charge on any atom is -0.383 e. The van der Waals surface area contributed by atoms with Gasteiger partial charge in [-0.1, -0.05) is 12.1 Å². The van der Waals surface area contributed by atoms with Crippen molar-refractivity contribution in [3.8, 4) is 11.8 Å². The van der Waals surface area contributed by atoms with Gasteiger partial charge in [0.15, 0.2) is 0 Å². The Hall–Kier alpha value is -0.690. The van der Waals surface area contributed by atoms with Crippen molar-refractivity contribution < 1.29 is 0 Å². The van der Waals surface area contributed by atoms with E-state index in [0.717, 1.165) is 13.0 Å². The molecule has 1 aromatic rings. The van der Waals surface area contributed by atoms with E-state index in [-0.39, 0.29) is 0 Å². The molecule has 1 rings (SSSR count). The number of hydrogen-bond acceptors (Lipinski definition) is 1. The van der Waals surface area contributed by atoms with Gasteiger partial charge in [0.1, 0.15) is 0 Å². The van der Waals surface area contributed by atoms with E-state index in [0.29, 0.717) is 0 Å². The van der Waals surface area contributed by atoms with Crippen LogP contribution in [0.25, 0.3) is 0 Å². The minimum atomic E-state index is 0.904. The summed E-state index contributed by atoms with van der Waals surface area (Å²) in [5.41, 5.74) is 1.20. The van der Waals surface area contributed by atoms with Crippen LogP contribution in [-0.4, -0.2) is 6.54 Å². The van der Waals surface area contributed by atoms with E-state index in [1.165, 1.54) is 9.26 Å². The summed E-state index contributed by atoms with van der Waals surface area (Å²) < 4.78 is 1.25. The number of halogens is 1. The highest BCUT2D eigenvalue weighted by Gasteiger charge is 1.94. The molecule has 13 heavy (non-hydrogen) atoms. The number of para-hydroxylation sites is 1. The Balaban J connectivity index is 2.44. The van der Waals surface area contributed by atoms with Crippen LogP contribution in [0.15, 0.2) is 24.3 Å². The van der Waals surface area contributed by atoms with E-state index in [1.807, 2.05) is 19.1 Å². The molecule has 0 saturated heterocycles. The van der Waals surface area contributed by atoms with Gasteiger partial charge in [-0.15, -0.1) is 11.8 Å². The van der Waals surface area contributed by atoms with Crippen LogP contribution in [-0.2, 0) is 0 Å². The highest BCUT2D eigenvalue weighted by molar-refractivity contribution is 14.1. The molecule has 0 aliphatic heterocycles. The average molecular weight is 285 g/mol. The maximum atomic E-state index is 3.34. The summed E-state index contributed by atoms with van der Waals surface area (Å²) in [4.78, 5) is 0. The van der Waals surface area contributed by atoms with Gasteiger partial charge in [0.05, 0.1) is 0 Å². The Kier molecular flexibility index (Phi) is 4.69. The van der Waals surface area contributed by atoms with Crippen LogP contribution in [0.3, 0.4) is 0 Å². The first-order chi connectivity index (χ1) is 6.34. The Morgan fingerprint density at radius 2 is 2.15 bits per heavy atom. The van der Waals surface area contributed by atoms with Crippen LogP contribution in [0, 0.1) is 15.4 Å². The normalized spacial score (nSPS) is 8.77. The third kappa shape index (κ3) is 3.69. The molecule has 1 nitrogen and oxygen atoms in total. The zero-order valence-electron chi connectivity index (χ0n) is 7.60. The molecule has 0 aromatic heterocycles. The summed E-state index contributed by atoms with van der Waals surface area (Å²) in [7, 11) is 0. The fraction of sp³-hybridized carbons (Fsp3) is 0.273. The average Bonchev–Trinajstić information content (AvgIpc) is 2.15. The zero-order valence-corrected chi connectivity index (χ0v) is 9.76. The quantitative estimate of drug-likeness (QED) is 0.511. The van der Waals surface area contributed by atoms with Gasteiger partial charge in [-0.3, -0.25) is 0 Å². The lowest BCUT2D eigenvalue weighted by molar-refractivity contribution is 1.09. The van der Waals surface area contributed by atoms with Gasteiger partial charge in [0, 0.05) is 22.2 Å². The molecule has 0 spiro atoms. The molecule has 0 heterocycles. The van der Waals surface area contributed by atoms with Crippen molar-refractivity contribution in [3.63, 3.8) is 0 Å². The summed E-state index contributed by atoms with van der Waals surface area (Å²) in [6.07, 6.45) is 0.904. The van der Waals surface area contributed by atoms with Crippen LogP contribution >= 0.6 is 22.6 Å². The Bertz CT molecular complexity index is 322. The predicted molar refractivity (Wildman–Crippen MR) is 65.7 cm³/mol. The molecule has 0 aliphatic rings. The molecule has 1 N–H and O–H groups in total. The molecule has 0 atom stereocenters. The molecular formula is C11H12IN. The first-order valence-corrected chi connectivity index (χ1v) is 5.30. The Morgan fingerprint density at radius 3 is 2.85 bits per heavy atom. The lowest BCUT2D eigenvalue weighted by atomic mass is 10.3. The maximum Gasteiger partial charge on any atom is 0.0476 e. The number of rotatable bonds is 3. The summed E-state index contributed by atoms with van der Waals surface area (Å²) in [6.45, 7) is 2.78. The second kappa shape index (κ2) is 5.87. The van der Waals surface area contributed by atoms with E-state index in [1.54, 1.807) is 0 Å². The molecule has 2 heteroatoms. The smallest absolute Gasteiger partial charge is 0.0476 e. The largest absolute Gasteiger partial charge is 0.383 e. The van der Waals surface area contributed by atoms with E-state index in [9.17, 15) is 0 Å². The van der Waals surface area contributed by atoms with Crippen molar-refractivity contribution in [1.29, 1.82) is 0 Å². The van der Waals surface area contributed by atoms with Crippen molar-refractivity contribution in [2.45, 2.75) is 13.3 Å². The number of hydrogen-bond donors (Lipinski definition) is 1. The summed E-state index contributed by atoms with van der Waals surface area (Å²) in [6, 6.07) is 8.25. The van der Waals surface area contributed by atoms with Crippen molar-refractivity contribution in [2.75, 3.05) is 11.9 Å². The Morgan fingerprint density at radius 1 is 1.38 bits per heavy atom. The van der Waals surface area contributed by atoms with Crippen LogP contribution in [0.5, 0.6) is 0 Å². The van der Waals surface area contributed by atoms with Gasteiger partial charge in [-0.25, -0.2) is 0 Å². The Labute approximate surface area is 93.1 Å². The van der Waals surface area contributed by atoms with Gasteiger partial charge < -0.3 is 5.32 Å². The third-order valence-corrected chi connectivity index (χ3v) is 2.56. The summed E-state index contributed by atoms with van der Waals surface area (Å²) in [5, 5.41) is 3.34. The van der Waals surface area contributed by atoms with Crippen LogP contribution in [0.4, 0.5) is 5.69 Å². The van der Waals surface area contributed by atoms with Crippen molar-refractivity contribution in [3.05, 3.63) is 27.8 Å². The van der Waals surface area contributed by atoms with Gasteiger partial charge in [0.25, 0.3) is 0 Å². The van der Waals surface area contributed by atoms with Crippen LogP contribution < -0.4 is 5.32 Å². The lowest BCUT2D eigenvalue weighted by Gasteiger charge is -2.05. The van der Waals surface area contributed by atoms with E-state index < -0.39 is 0 Å². The van der Waals surface area contributed by atoms with Crippen molar-refractivity contribution in [2.24, 2.45) is 0 Å². The predicted octanol–water partition coefficient (Wildman–Crippen LogP) is 3.12. The second-order valence-corrected chi connectivity index (χ2v) is 3.75. The highest BCUT2D eigenvalue weighted by atomic mass is 127. The summed E-state index contributed by atoms with van der Waals surface area (Å²) in [5.74, 6) is 5.90. The maximum absolute atomic E-state index is 3.34. The molecule has 0 aliphatic carbocycles. The lowest BCUT2D eigenvalue weighted by Crippen LogP contribution is -2.01. The van der Waals surface area contributed by atoms with E-state index in [2.05, 4.69) is 51.9 Å². The fourth-order valence-corrected chi connectivity index (χ4v) is 1.57. The van der Waals surface area contributed by atoms with Crippen LogP contribution in [0.1, 0.15) is 13.3 Å². The topological polar surface area (TPSA) is 12.0 Å². The zero-order chi connectivity index (χ0) is 9.52. The molecule has 0 amide bonds. The molecule has 68 valence electrons. The van der Waals surface area contributed by atoms with Gasteiger partial charge in [0.2, 0.25) is 0 Å². The van der Waals surface area contributed by atoms with E-state index in [4.69, 9.17) is 0 Å². The molecule has 1 aromatic carbocycles. The molecule has 0 saturated carbocycles. The monoisotopic (exact) mass is 285 g/mol. The van der Waals surface area contributed by atoms with Gasteiger partial charge in [-0.2, -0.15) is 0 Å². The summed E-state index contributed by atoms with van der Waals surface area (Å²) >= 11 is 2.32. The minimum absolute atomic E-state index is 0.904. The number of nitrogens with one attached hydrogen (secondary N) is 1. The highest BCUT2D eigenvalue weighted by Crippen LogP contribution is 2.16. The third-order valence-electron chi connectivity index (χ3n) is 1.62. The number of anilines is 1. The molecule has 0 radical (unpaired) electrons. The first-order valence-electron chi connectivity index (χ1n) is 4.22. The second-order valence-electron chi connectivity index (χ2n) is 2.58. The van der Waals surface area contributed by atoms with Crippen molar-refractivity contribution in [1.82, 2.24) is 0 Å². The molecular weight excluding hydrogens is 273 g/mol. The molecule has 0 unspecified atom stereocenters. The molecule has 0 fully saturated rings. The number of benzene rings is 1. The van der Waals surface area contributed by atoms with Crippen LogP contribution in [0.2, 0.25) is 0 Å². The molecule has 0 bridgehead atoms. The standard InChI is InChI=1S/C11H12IN/c1-2-3-6-9-13-11-8-5-4-7-10(11)12/h4-5,7-8,13H,6,9H2,1H3. The van der Waals surface area contributed by atoms with Crippen molar-refractivity contribution >= 4 is 28.3 Å². The van der Waals surface area contributed by atoms with E-state index >= 15 is 0 Å². The van der Waals surface area contributed by atoms with Gasteiger partial charge >= 0.3 is 0 Å². The SMILES string of the molecule is CC#CCCNc1ccccc1I. The fourth-order valence-electron chi connectivity index (χ4n) is 0.989.